The summed E-state index contributed by atoms with van der Waals surface area (Å²) in [5, 5.41) is 29.6. The Kier molecular flexibility index (Phi) is 5.56. The van der Waals surface area contributed by atoms with Crippen LogP contribution >= 0.6 is 11.6 Å². The van der Waals surface area contributed by atoms with Crippen LogP contribution in [0.5, 0.6) is 0 Å². The molecule has 2 atom stereocenters. The zero-order valence-electron chi connectivity index (χ0n) is 18.3. The van der Waals surface area contributed by atoms with E-state index in [0.29, 0.717) is 22.1 Å². The highest BCUT2D eigenvalue weighted by molar-refractivity contribution is 6.31. The molecule has 4 aromatic rings. The molecule has 0 radical (unpaired) electrons. The molecule has 1 fully saturated rings. The average Bonchev–Trinajstić information content (AvgIpc) is 3.37. The van der Waals surface area contributed by atoms with E-state index in [1.165, 1.54) is 4.52 Å². The van der Waals surface area contributed by atoms with Crippen molar-refractivity contribution in [1.82, 2.24) is 14.6 Å². The number of anilines is 1. The number of aliphatic hydroxyl groups is 1. The van der Waals surface area contributed by atoms with Crippen molar-refractivity contribution in [3.63, 3.8) is 0 Å². The molecule has 1 saturated heterocycles. The first-order valence-corrected chi connectivity index (χ1v) is 10.9. The van der Waals surface area contributed by atoms with Crippen LogP contribution in [-0.2, 0) is 11.8 Å². The summed E-state index contributed by atoms with van der Waals surface area (Å²) in [6.07, 6.45) is -1.90. The Bertz CT molecular complexity index is 1480. The molecule has 8 nitrogen and oxygen atoms in total. The van der Waals surface area contributed by atoms with Crippen molar-refractivity contribution in [2.24, 2.45) is 7.05 Å². The predicted octanol–water partition coefficient (Wildman–Crippen LogP) is 3.32. The SMILES string of the molecule is Cc1nc2c(C#N)c(C(F)F)nn2c(N[C@H]2COC[C@@H]2O)c1-c1c2ccc(Cl)cc2cc[n+]1C. The number of nitrogens with zero attached hydrogens (tertiary/aromatic N) is 5. The minimum atomic E-state index is -2.95. The van der Waals surface area contributed by atoms with Gasteiger partial charge in [0.15, 0.2) is 11.8 Å². The maximum atomic E-state index is 13.7. The molecule has 1 aliphatic rings. The van der Waals surface area contributed by atoms with Crippen molar-refractivity contribution in [1.29, 1.82) is 5.26 Å². The fourth-order valence-electron chi connectivity index (χ4n) is 4.36. The lowest BCUT2D eigenvalue weighted by Gasteiger charge is -2.20. The maximum Gasteiger partial charge on any atom is 0.283 e. The second-order valence-corrected chi connectivity index (χ2v) is 8.63. The summed E-state index contributed by atoms with van der Waals surface area (Å²) in [4.78, 5) is 4.52. The first kappa shape index (κ1) is 22.4. The molecule has 0 unspecified atom stereocenters. The number of nitriles is 1. The lowest BCUT2D eigenvalue weighted by atomic mass is 10.0. The number of nitrogens with one attached hydrogen (secondary N) is 1. The van der Waals surface area contributed by atoms with Gasteiger partial charge in [0.05, 0.1) is 36.4 Å². The molecule has 1 aromatic carbocycles. The van der Waals surface area contributed by atoms with E-state index in [0.717, 1.165) is 16.5 Å². The molecule has 174 valence electrons. The monoisotopic (exact) mass is 485 g/mol. The van der Waals surface area contributed by atoms with Gasteiger partial charge in [0.25, 0.3) is 6.43 Å². The Morgan fingerprint density at radius 3 is 2.82 bits per heavy atom. The van der Waals surface area contributed by atoms with E-state index in [2.05, 4.69) is 15.4 Å². The Morgan fingerprint density at radius 2 is 2.15 bits per heavy atom. The molecule has 11 heteroatoms. The second-order valence-electron chi connectivity index (χ2n) is 8.19. The fraction of sp³-hybridized carbons (Fsp3) is 0.304. The zero-order chi connectivity index (χ0) is 24.1. The van der Waals surface area contributed by atoms with Crippen LogP contribution in [0.1, 0.15) is 23.4 Å². The van der Waals surface area contributed by atoms with Crippen molar-refractivity contribution >= 4 is 33.8 Å². The summed E-state index contributed by atoms with van der Waals surface area (Å²) < 4.78 is 36.0. The standard InChI is InChI=1S/C23H19ClF2N6O2/c1-11-18(20-14-4-3-13(24)7-12(14)5-6-31(20)2)23(29-16-9-34-10-17(16)33)32-22(28-11)15(8-27)19(30-32)21(25)26/h3-7,16-17,21,33H,9-10H2,1-2H3/p+1/t16-,17-/m0/s1. The van der Waals surface area contributed by atoms with Gasteiger partial charge in [0.1, 0.15) is 35.8 Å². The largest absolute Gasteiger partial charge is 0.388 e. The van der Waals surface area contributed by atoms with Gasteiger partial charge in [0, 0.05) is 11.1 Å². The highest BCUT2D eigenvalue weighted by atomic mass is 35.5. The molecule has 1 aliphatic heterocycles. The van der Waals surface area contributed by atoms with E-state index < -0.39 is 24.3 Å². The van der Waals surface area contributed by atoms with Gasteiger partial charge >= 0.3 is 0 Å². The minimum absolute atomic E-state index is 0.0147. The Hall–Kier alpha value is -3.39. The van der Waals surface area contributed by atoms with Gasteiger partial charge in [-0.05, 0) is 30.5 Å². The molecule has 34 heavy (non-hydrogen) atoms. The molecular weight excluding hydrogens is 466 g/mol. The molecule has 5 rings (SSSR count). The third-order valence-corrected chi connectivity index (χ3v) is 6.23. The first-order chi connectivity index (χ1) is 16.3. The van der Waals surface area contributed by atoms with Gasteiger partial charge in [-0.3, -0.25) is 0 Å². The summed E-state index contributed by atoms with van der Waals surface area (Å²) in [5.41, 5.74) is 0.913. The summed E-state index contributed by atoms with van der Waals surface area (Å²) in [5.74, 6) is 0.332. The summed E-state index contributed by atoms with van der Waals surface area (Å²) >= 11 is 6.20. The Balaban J connectivity index is 1.88. The number of pyridine rings is 1. The molecule has 4 heterocycles. The number of rotatable bonds is 4. The van der Waals surface area contributed by atoms with Crippen LogP contribution in [-0.4, -0.2) is 45.1 Å². The smallest absolute Gasteiger partial charge is 0.283 e. The van der Waals surface area contributed by atoms with Crippen LogP contribution in [0.2, 0.25) is 5.02 Å². The molecule has 0 bridgehead atoms. The molecule has 0 aliphatic carbocycles. The lowest BCUT2D eigenvalue weighted by Crippen LogP contribution is -2.35. The highest BCUT2D eigenvalue weighted by Gasteiger charge is 2.33. The van der Waals surface area contributed by atoms with Gasteiger partial charge in [-0.25, -0.2) is 18.3 Å². The summed E-state index contributed by atoms with van der Waals surface area (Å²) in [7, 11) is 1.86. The predicted molar refractivity (Wildman–Crippen MR) is 121 cm³/mol. The quantitative estimate of drug-likeness (QED) is 0.430. The van der Waals surface area contributed by atoms with Crippen molar-refractivity contribution in [2.45, 2.75) is 25.5 Å². The minimum Gasteiger partial charge on any atom is -0.388 e. The Morgan fingerprint density at radius 1 is 1.35 bits per heavy atom. The van der Waals surface area contributed by atoms with Gasteiger partial charge in [-0.1, -0.05) is 11.6 Å². The van der Waals surface area contributed by atoms with Crippen LogP contribution in [0.3, 0.4) is 0 Å². The number of fused-ring (bicyclic) bond motifs is 2. The van der Waals surface area contributed by atoms with Crippen molar-refractivity contribution in [2.75, 3.05) is 18.5 Å². The topological polar surface area (TPSA) is 99.4 Å². The number of aliphatic hydroxyl groups excluding tert-OH is 1. The highest BCUT2D eigenvalue weighted by Crippen LogP contribution is 2.37. The molecule has 0 amide bonds. The normalized spacial score (nSPS) is 18.2. The number of hydrogen-bond donors (Lipinski definition) is 2. The van der Waals surface area contributed by atoms with E-state index in [-0.39, 0.29) is 24.4 Å². The lowest BCUT2D eigenvalue weighted by molar-refractivity contribution is -0.659. The van der Waals surface area contributed by atoms with Crippen LogP contribution < -0.4 is 9.88 Å². The first-order valence-electron chi connectivity index (χ1n) is 10.5. The van der Waals surface area contributed by atoms with Crippen LogP contribution in [0.4, 0.5) is 14.6 Å². The van der Waals surface area contributed by atoms with Crippen LogP contribution in [0.15, 0.2) is 30.5 Å². The Labute approximate surface area is 198 Å². The van der Waals surface area contributed by atoms with E-state index >= 15 is 0 Å². The van der Waals surface area contributed by atoms with E-state index in [9.17, 15) is 19.1 Å². The van der Waals surface area contributed by atoms with E-state index in [4.69, 9.17) is 16.3 Å². The number of aryl methyl sites for hydroxylation is 2. The van der Waals surface area contributed by atoms with Crippen LogP contribution in [0, 0.1) is 18.3 Å². The summed E-state index contributed by atoms with van der Waals surface area (Å²) in [6.45, 7) is 2.10. The molecule has 3 aromatic heterocycles. The number of ether oxygens (including phenoxy) is 1. The average molecular weight is 486 g/mol. The molecule has 0 saturated carbocycles. The van der Waals surface area contributed by atoms with Gasteiger partial charge in [0.2, 0.25) is 5.69 Å². The van der Waals surface area contributed by atoms with E-state index in [1.807, 2.05) is 42.1 Å². The van der Waals surface area contributed by atoms with Crippen molar-refractivity contribution < 1.29 is 23.2 Å². The number of hydrogen-bond acceptors (Lipinski definition) is 6. The van der Waals surface area contributed by atoms with Crippen molar-refractivity contribution in [3.05, 3.63) is 52.4 Å². The molecular formula is C23H20ClF2N6O2+. The van der Waals surface area contributed by atoms with Crippen LogP contribution in [0.25, 0.3) is 27.7 Å². The van der Waals surface area contributed by atoms with Gasteiger partial charge in [-0.15, -0.1) is 0 Å². The third-order valence-electron chi connectivity index (χ3n) is 6.00. The molecule has 2 N–H and O–H groups in total. The maximum absolute atomic E-state index is 13.7. The number of aromatic nitrogens is 4. The zero-order valence-corrected chi connectivity index (χ0v) is 19.0. The van der Waals surface area contributed by atoms with Crippen molar-refractivity contribution in [3.8, 4) is 17.3 Å². The second kappa shape index (κ2) is 8.43. The number of benzene rings is 1. The number of alkyl halides is 2. The number of halogens is 3. The third kappa shape index (κ3) is 3.53. The molecule has 0 spiro atoms. The van der Waals surface area contributed by atoms with Gasteiger partial charge < -0.3 is 15.2 Å². The summed E-state index contributed by atoms with van der Waals surface area (Å²) in [6, 6.07) is 8.71. The fourth-order valence-corrected chi connectivity index (χ4v) is 4.55. The van der Waals surface area contributed by atoms with E-state index in [1.54, 1.807) is 13.0 Å². The van der Waals surface area contributed by atoms with Gasteiger partial charge in [-0.2, -0.15) is 14.9 Å².